The van der Waals surface area contributed by atoms with Gasteiger partial charge in [-0.2, -0.15) is 0 Å². The molecule has 0 fully saturated rings. The van der Waals surface area contributed by atoms with E-state index in [2.05, 4.69) is 30.4 Å². The van der Waals surface area contributed by atoms with Crippen molar-refractivity contribution in [1.82, 2.24) is 0 Å². The van der Waals surface area contributed by atoms with E-state index in [1.807, 2.05) is 12.1 Å². The number of halogens is 1. The van der Waals surface area contributed by atoms with Crippen LogP contribution in [0.15, 0.2) is 48.1 Å². The number of benzene rings is 2. The zero-order chi connectivity index (χ0) is 17.6. The zero-order valence-corrected chi connectivity index (χ0v) is 15.8. The van der Waals surface area contributed by atoms with Crippen molar-refractivity contribution >= 4 is 37.8 Å². The maximum absolute atomic E-state index is 11.7. The minimum absolute atomic E-state index is 0.254. The number of rotatable bonds is 3. The van der Waals surface area contributed by atoms with Crippen molar-refractivity contribution in [1.29, 1.82) is 0 Å². The first-order chi connectivity index (χ1) is 11.9. The molecule has 0 radical (unpaired) electrons. The van der Waals surface area contributed by atoms with Gasteiger partial charge in [-0.05, 0) is 71.2 Å². The first-order valence-corrected chi connectivity index (χ1v) is 11.1. The lowest BCUT2D eigenvalue weighted by atomic mass is 9.73. The topological polar surface area (TPSA) is 34.1 Å². The molecule has 0 saturated heterocycles. The van der Waals surface area contributed by atoms with E-state index in [1.54, 1.807) is 0 Å². The summed E-state index contributed by atoms with van der Waals surface area (Å²) in [6.45, 7) is 0. The van der Waals surface area contributed by atoms with E-state index in [9.17, 15) is 8.42 Å². The van der Waals surface area contributed by atoms with Gasteiger partial charge in [0.05, 0.1) is 5.75 Å². The molecule has 0 spiro atoms. The second-order valence-electron chi connectivity index (χ2n) is 7.16. The molecule has 4 rings (SSSR count). The molecule has 2 aliphatic carbocycles. The molecule has 1 atom stereocenters. The van der Waals surface area contributed by atoms with Crippen LogP contribution in [0.25, 0.3) is 16.3 Å². The Morgan fingerprint density at radius 1 is 1.20 bits per heavy atom. The molecule has 0 aliphatic heterocycles. The van der Waals surface area contributed by atoms with Crippen LogP contribution in [-0.2, 0) is 16.3 Å². The highest BCUT2D eigenvalue weighted by atomic mass is 35.5. The smallest absolute Gasteiger partial charge is 0.147 e. The van der Waals surface area contributed by atoms with Gasteiger partial charge in [0.1, 0.15) is 9.84 Å². The summed E-state index contributed by atoms with van der Waals surface area (Å²) in [6, 6.07) is 10.4. The predicted molar refractivity (Wildman–Crippen MR) is 106 cm³/mol. The highest BCUT2D eigenvalue weighted by molar-refractivity contribution is 7.90. The van der Waals surface area contributed by atoms with Crippen molar-refractivity contribution in [2.75, 3.05) is 12.0 Å². The lowest BCUT2D eigenvalue weighted by Gasteiger charge is -2.32. The standard InChI is InChI=1S/C21H21ClO2S/c1-25(23,24)11-10-15-13-21-18-9-7-16(22)12-14(18)6-8-20(21)19-5-3-2-4-17(15)19/h3,5-9,12,15H,2,4,10-11,13H2,1H3. The van der Waals surface area contributed by atoms with Crippen LogP contribution in [0.3, 0.4) is 0 Å². The highest BCUT2D eigenvalue weighted by Crippen LogP contribution is 2.44. The number of allylic oxidation sites excluding steroid dienone is 4. The van der Waals surface area contributed by atoms with Crippen molar-refractivity contribution in [3.05, 3.63) is 64.2 Å². The maximum Gasteiger partial charge on any atom is 0.147 e. The lowest BCUT2D eigenvalue weighted by molar-refractivity contribution is 0.546. The molecule has 0 heterocycles. The van der Waals surface area contributed by atoms with Crippen LogP contribution >= 0.6 is 11.6 Å². The van der Waals surface area contributed by atoms with E-state index < -0.39 is 9.84 Å². The predicted octanol–water partition coefficient (Wildman–Crippen LogP) is 5.20. The summed E-state index contributed by atoms with van der Waals surface area (Å²) in [4.78, 5) is 0. The van der Waals surface area contributed by atoms with E-state index >= 15 is 0 Å². The highest BCUT2D eigenvalue weighted by Gasteiger charge is 2.28. The molecule has 0 N–H and O–H groups in total. The zero-order valence-electron chi connectivity index (χ0n) is 14.3. The first-order valence-electron chi connectivity index (χ1n) is 8.71. The molecular formula is C21H21ClO2S. The Kier molecular flexibility index (Phi) is 4.25. The lowest BCUT2D eigenvalue weighted by Crippen LogP contribution is -2.20. The van der Waals surface area contributed by atoms with Crippen LogP contribution in [0.1, 0.15) is 30.4 Å². The Balaban J connectivity index is 1.85. The molecule has 1 unspecified atom stereocenters. The normalized spacial score (nSPS) is 19.8. The van der Waals surface area contributed by atoms with Gasteiger partial charge in [-0.25, -0.2) is 8.42 Å². The van der Waals surface area contributed by atoms with Gasteiger partial charge >= 0.3 is 0 Å². The molecule has 25 heavy (non-hydrogen) atoms. The van der Waals surface area contributed by atoms with Crippen molar-refractivity contribution < 1.29 is 8.42 Å². The molecule has 0 saturated carbocycles. The maximum atomic E-state index is 11.7. The fraction of sp³-hybridized carbons (Fsp3) is 0.333. The van der Waals surface area contributed by atoms with Crippen molar-refractivity contribution in [3.63, 3.8) is 0 Å². The number of sulfone groups is 1. The summed E-state index contributed by atoms with van der Waals surface area (Å²) in [5, 5.41) is 3.13. The Bertz CT molecular complexity index is 1020. The average Bonchev–Trinajstić information content (AvgIpc) is 2.58. The summed E-state index contributed by atoms with van der Waals surface area (Å²) < 4.78 is 23.4. The van der Waals surface area contributed by atoms with E-state index in [-0.39, 0.29) is 5.75 Å². The van der Waals surface area contributed by atoms with E-state index in [1.165, 1.54) is 33.9 Å². The quantitative estimate of drug-likeness (QED) is 0.741. The van der Waals surface area contributed by atoms with Gasteiger partial charge in [0.2, 0.25) is 0 Å². The molecule has 2 aromatic carbocycles. The van der Waals surface area contributed by atoms with Gasteiger partial charge in [0.25, 0.3) is 0 Å². The summed E-state index contributed by atoms with van der Waals surface area (Å²) in [7, 11) is -2.94. The van der Waals surface area contributed by atoms with Gasteiger partial charge < -0.3 is 0 Å². The van der Waals surface area contributed by atoms with E-state index in [0.29, 0.717) is 12.3 Å². The minimum Gasteiger partial charge on any atom is -0.229 e. The van der Waals surface area contributed by atoms with Crippen molar-refractivity contribution in [3.8, 4) is 0 Å². The number of fused-ring (bicyclic) bond motifs is 4. The molecule has 130 valence electrons. The van der Waals surface area contributed by atoms with Gasteiger partial charge in [-0.3, -0.25) is 0 Å². The van der Waals surface area contributed by atoms with Crippen molar-refractivity contribution in [2.45, 2.75) is 25.7 Å². The summed E-state index contributed by atoms with van der Waals surface area (Å²) in [5.74, 6) is 0.563. The molecule has 2 aromatic rings. The van der Waals surface area contributed by atoms with Crippen LogP contribution in [-0.4, -0.2) is 20.4 Å². The Hall–Kier alpha value is -1.58. The average molecular weight is 373 g/mol. The van der Waals surface area contributed by atoms with Crippen molar-refractivity contribution in [2.24, 2.45) is 5.92 Å². The third-order valence-corrected chi connectivity index (χ3v) is 6.59. The molecule has 0 amide bonds. The fourth-order valence-corrected chi connectivity index (χ4v) is 5.10. The SMILES string of the molecule is CS(=O)(=O)CCC1Cc2c(ccc3cc(Cl)ccc23)C2=C1CCC=C2. The van der Waals surface area contributed by atoms with Gasteiger partial charge in [-0.15, -0.1) is 0 Å². The molecule has 2 nitrogen and oxygen atoms in total. The largest absolute Gasteiger partial charge is 0.229 e. The molecular weight excluding hydrogens is 352 g/mol. The molecule has 2 aliphatic rings. The molecule has 0 aromatic heterocycles. The second kappa shape index (κ2) is 6.30. The van der Waals surface area contributed by atoms with Crippen LogP contribution < -0.4 is 0 Å². The minimum atomic E-state index is -2.94. The molecule has 4 heteroatoms. The molecule has 0 bridgehead atoms. The van der Waals surface area contributed by atoms with Crippen LogP contribution in [0.2, 0.25) is 5.02 Å². The van der Waals surface area contributed by atoms with Gasteiger partial charge in [0.15, 0.2) is 0 Å². The third-order valence-electron chi connectivity index (χ3n) is 5.37. The Morgan fingerprint density at radius 3 is 2.84 bits per heavy atom. The Labute approximate surface area is 154 Å². The van der Waals surface area contributed by atoms with E-state index in [4.69, 9.17) is 11.6 Å². The summed E-state index contributed by atoms with van der Waals surface area (Å²) in [5.41, 5.74) is 5.38. The number of hydrogen-bond acceptors (Lipinski definition) is 2. The fourth-order valence-electron chi connectivity index (χ4n) is 4.21. The Morgan fingerprint density at radius 2 is 2.04 bits per heavy atom. The number of hydrogen-bond donors (Lipinski definition) is 0. The first kappa shape index (κ1) is 16.9. The summed E-state index contributed by atoms with van der Waals surface area (Å²) >= 11 is 6.15. The summed E-state index contributed by atoms with van der Waals surface area (Å²) in [6.07, 6.45) is 9.49. The second-order valence-corrected chi connectivity index (χ2v) is 9.85. The monoisotopic (exact) mass is 372 g/mol. The van der Waals surface area contributed by atoms with E-state index in [0.717, 1.165) is 29.7 Å². The van der Waals surface area contributed by atoms with Crippen LogP contribution in [0.4, 0.5) is 0 Å². The third kappa shape index (κ3) is 3.28. The van der Waals surface area contributed by atoms with Crippen LogP contribution in [0.5, 0.6) is 0 Å². The van der Waals surface area contributed by atoms with Gasteiger partial charge in [-0.1, -0.05) is 47.5 Å². The van der Waals surface area contributed by atoms with Crippen LogP contribution in [0, 0.1) is 5.92 Å². The van der Waals surface area contributed by atoms with Gasteiger partial charge in [0, 0.05) is 11.3 Å².